The molecule has 0 unspecified atom stereocenters. The molecule has 1 aliphatic carbocycles. The predicted molar refractivity (Wildman–Crippen MR) is 49.7 cm³/mol. The van der Waals surface area contributed by atoms with Crippen LogP contribution < -0.4 is 0 Å². The van der Waals surface area contributed by atoms with E-state index in [4.69, 9.17) is 0 Å². The van der Waals surface area contributed by atoms with Gasteiger partial charge in [-0.15, -0.1) is 0 Å². The summed E-state index contributed by atoms with van der Waals surface area (Å²) in [6, 6.07) is 7.00. The molecule has 1 aromatic rings. The lowest BCUT2D eigenvalue weighted by Crippen LogP contribution is -2.41. The SMILES string of the molecule is O=C[C@@]1(O)C(=O)CCc2ccccc21. The van der Waals surface area contributed by atoms with Gasteiger partial charge in [-0.3, -0.25) is 9.59 Å². The van der Waals surface area contributed by atoms with E-state index in [0.717, 1.165) is 5.56 Å². The lowest BCUT2D eigenvalue weighted by Gasteiger charge is -2.27. The van der Waals surface area contributed by atoms with Crippen molar-refractivity contribution < 1.29 is 14.7 Å². The Kier molecular flexibility index (Phi) is 1.97. The molecule has 1 aliphatic rings. The number of ketones is 1. The standard InChI is InChI=1S/C11H10O3/c12-7-11(14)9-4-2-1-3-8(9)5-6-10(11)13/h1-4,7,14H,5-6H2/t11-/m0/s1. The fourth-order valence-electron chi connectivity index (χ4n) is 1.83. The summed E-state index contributed by atoms with van der Waals surface area (Å²) in [6.07, 6.45) is 1.16. The van der Waals surface area contributed by atoms with Gasteiger partial charge in [-0.1, -0.05) is 24.3 Å². The fourth-order valence-corrected chi connectivity index (χ4v) is 1.83. The number of hydrogen-bond donors (Lipinski definition) is 1. The molecule has 1 aromatic carbocycles. The molecule has 72 valence electrons. The molecule has 0 spiro atoms. The first-order valence-corrected chi connectivity index (χ1v) is 4.49. The van der Waals surface area contributed by atoms with Gasteiger partial charge in [-0.05, 0) is 12.0 Å². The second-order valence-corrected chi connectivity index (χ2v) is 3.46. The Morgan fingerprint density at radius 3 is 2.71 bits per heavy atom. The van der Waals surface area contributed by atoms with Crippen molar-refractivity contribution in [3.8, 4) is 0 Å². The van der Waals surface area contributed by atoms with Crippen LogP contribution in [0.4, 0.5) is 0 Å². The largest absolute Gasteiger partial charge is 0.371 e. The summed E-state index contributed by atoms with van der Waals surface area (Å²) in [7, 11) is 0. The topological polar surface area (TPSA) is 54.4 Å². The van der Waals surface area contributed by atoms with Gasteiger partial charge in [0, 0.05) is 12.0 Å². The molecular weight excluding hydrogens is 180 g/mol. The summed E-state index contributed by atoms with van der Waals surface area (Å²) in [6.45, 7) is 0. The van der Waals surface area contributed by atoms with Crippen molar-refractivity contribution in [3.05, 3.63) is 35.4 Å². The van der Waals surface area contributed by atoms with E-state index in [1.54, 1.807) is 12.1 Å². The van der Waals surface area contributed by atoms with Gasteiger partial charge in [0.1, 0.15) is 0 Å². The number of benzene rings is 1. The molecule has 0 saturated carbocycles. The second-order valence-electron chi connectivity index (χ2n) is 3.46. The highest BCUT2D eigenvalue weighted by Gasteiger charge is 2.41. The highest BCUT2D eigenvalue weighted by atomic mass is 16.3. The molecule has 0 heterocycles. The van der Waals surface area contributed by atoms with Gasteiger partial charge in [-0.25, -0.2) is 0 Å². The maximum atomic E-state index is 11.4. The van der Waals surface area contributed by atoms with Crippen molar-refractivity contribution in [2.45, 2.75) is 18.4 Å². The average molecular weight is 190 g/mol. The molecule has 1 N–H and O–H groups in total. The van der Waals surface area contributed by atoms with Gasteiger partial charge >= 0.3 is 0 Å². The molecule has 14 heavy (non-hydrogen) atoms. The van der Waals surface area contributed by atoms with Gasteiger partial charge in [0.25, 0.3) is 0 Å². The van der Waals surface area contributed by atoms with E-state index in [9.17, 15) is 14.7 Å². The van der Waals surface area contributed by atoms with Crippen molar-refractivity contribution in [1.82, 2.24) is 0 Å². The first kappa shape index (κ1) is 9.09. The van der Waals surface area contributed by atoms with E-state index in [1.165, 1.54) is 0 Å². The predicted octanol–water partition coefficient (Wildman–Crippen LogP) is 0.588. The zero-order valence-corrected chi connectivity index (χ0v) is 7.56. The van der Waals surface area contributed by atoms with Crippen LogP contribution in [0.1, 0.15) is 17.5 Å². The number of carbonyl (C=O) groups excluding carboxylic acids is 2. The van der Waals surface area contributed by atoms with E-state index in [2.05, 4.69) is 0 Å². The Balaban J connectivity index is 2.63. The summed E-state index contributed by atoms with van der Waals surface area (Å²) >= 11 is 0. The number of Topliss-reactive ketones (excluding diaryl/α,β-unsaturated/α-hetero) is 1. The summed E-state index contributed by atoms with van der Waals surface area (Å²) in [5.41, 5.74) is -0.595. The van der Waals surface area contributed by atoms with Gasteiger partial charge in [0.2, 0.25) is 5.60 Å². The zero-order chi connectivity index (χ0) is 10.2. The van der Waals surface area contributed by atoms with Crippen LogP contribution in [-0.4, -0.2) is 17.2 Å². The third-order valence-corrected chi connectivity index (χ3v) is 2.65. The number of rotatable bonds is 1. The third kappa shape index (κ3) is 1.09. The Labute approximate surface area is 81.4 Å². The number of aliphatic hydroxyl groups is 1. The van der Waals surface area contributed by atoms with E-state index >= 15 is 0 Å². The number of aldehydes is 1. The van der Waals surface area contributed by atoms with Crippen LogP contribution in [0.25, 0.3) is 0 Å². The van der Waals surface area contributed by atoms with E-state index in [-0.39, 0.29) is 6.42 Å². The molecule has 2 rings (SSSR count). The quantitative estimate of drug-likeness (QED) is 0.521. The lowest BCUT2D eigenvalue weighted by atomic mass is 9.79. The molecule has 3 nitrogen and oxygen atoms in total. The Hall–Kier alpha value is -1.48. The molecule has 1 atom stereocenters. The number of carbonyl (C=O) groups is 2. The van der Waals surface area contributed by atoms with Crippen LogP contribution in [0.15, 0.2) is 24.3 Å². The van der Waals surface area contributed by atoms with Crippen LogP contribution in [0.2, 0.25) is 0 Å². The number of hydrogen-bond acceptors (Lipinski definition) is 3. The van der Waals surface area contributed by atoms with Crippen molar-refractivity contribution in [2.24, 2.45) is 0 Å². The van der Waals surface area contributed by atoms with Gasteiger partial charge < -0.3 is 5.11 Å². The van der Waals surface area contributed by atoms with Crippen LogP contribution in [0.5, 0.6) is 0 Å². The zero-order valence-electron chi connectivity index (χ0n) is 7.56. The van der Waals surface area contributed by atoms with Crippen molar-refractivity contribution in [3.63, 3.8) is 0 Å². The normalized spacial score (nSPS) is 25.6. The summed E-state index contributed by atoms with van der Waals surface area (Å²) in [4.78, 5) is 22.2. The highest BCUT2D eigenvalue weighted by Crippen LogP contribution is 2.30. The molecule has 0 bridgehead atoms. The van der Waals surface area contributed by atoms with Gasteiger partial charge in [0.15, 0.2) is 12.1 Å². The molecule has 0 fully saturated rings. The van der Waals surface area contributed by atoms with Crippen LogP contribution in [-0.2, 0) is 21.6 Å². The minimum absolute atomic E-state index is 0.228. The molecule has 0 aromatic heterocycles. The summed E-state index contributed by atoms with van der Waals surface area (Å²) in [5.74, 6) is -0.411. The maximum absolute atomic E-state index is 11.4. The Morgan fingerprint density at radius 2 is 2.00 bits per heavy atom. The maximum Gasteiger partial charge on any atom is 0.204 e. The average Bonchev–Trinajstić information content (AvgIpc) is 2.24. The molecule has 0 amide bonds. The van der Waals surface area contributed by atoms with Crippen molar-refractivity contribution in [2.75, 3.05) is 0 Å². The smallest absolute Gasteiger partial charge is 0.204 e. The highest BCUT2D eigenvalue weighted by molar-refractivity contribution is 6.03. The number of aryl methyl sites for hydroxylation is 1. The summed E-state index contributed by atoms with van der Waals surface area (Å²) < 4.78 is 0. The van der Waals surface area contributed by atoms with Crippen molar-refractivity contribution in [1.29, 1.82) is 0 Å². The van der Waals surface area contributed by atoms with E-state index in [1.807, 2.05) is 12.1 Å². The van der Waals surface area contributed by atoms with E-state index in [0.29, 0.717) is 18.3 Å². The van der Waals surface area contributed by atoms with Crippen LogP contribution in [0.3, 0.4) is 0 Å². The van der Waals surface area contributed by atoms with Gasteiger partial charge in [0.05, 0.1) is 0 Å². The minimum Gasteiger partial charge on any atom is -0.371 e. The number of fused-ring (bicyclic) bond motifs is 1. The Bertz CT molecular complexity index is 397. The van der Waals surface area contributed by atoms with E-state index < -0.39 is 11.4 Å². The summed E-state index contributed by atoms with van der Waals surface area (Å²) in [5, 5.41) is 9.88. The Morgan fingerprint density at radius 1 is 1.29 bits per heavy atom. The van der Waals surface area contributed by atoms with Crippen molar-refractivity contribution >= 4 is 12.1 Å². The monoisotopic (exact) mass is 190 g/mol. The third-order valence-electron chi connectivity index (χ3n) is 2.65. The minimum atomic E-state index is -1.91. The van der Waals surface area contributed by atoms with Crippen LogP contribution >= 0.6 is 0 Å². The first-order valence-electron chi connectivity index (χ1n) is 4.49. The molecule has 3 heteroatoms. The van der Waals surface area contributed by atoms with Gasteiger partial charge in [-0.2, -0.15) is 0 Å². The first-order chi connectivity index (χ1) is 6.68. The molecule has 0 radical (unpaired) electrons. The lowest BCUT2D eigenvalue weighted by molar-refractivity contribution is -0.145. The fraction of sp³-hybridized carbons (Fsp3) is 0.273. The second kappa shape index (κ2) is 3.03. The van der Waals surface area contributed by atoms with Crippen LogP contribution in [0, 0.1) is 0 Å². The molecule has 0 aliphatic heterocycles. The molecular formula is C11H10O3. The molecule has 0 saturated heterocycles.